The Kier molecular flexibility index (Phi) is 5.89. The van der Waals surface area contributed by atoms with Crippen molar-refractivity contribution in [3.63, 3.8) is 0 Å². The minimum absolute atomic E-state index is 0.0945. The van der Waals surface area contributed by atoms with Crippen molar-refractivity contribution in [3.8, 4) is 22.7 Å². The minimum atomic E-state index is -0.0975. The summed E-state index contributed by atoms with van der Waals surface area (Å²) in [6.07, 6.45) is 0. The largest absolute Gasteiger partial charge is 0.495 e. The normalized spacial score (nSPS) is 11.7. The van der Waals surface area contributed by atoms with Gasteiger partial charge in [-0.2, -0.15) is 0 Å². The lowest BCUT2D eigenvalue weighted by molar-refractivity contribution is 0.0939. The SMILES string of the molecule is COc1ccccc1-n1c(-c2ccccc2)cc(C(=O)N[C@H](C)c2ccccc2)c1C. The van der Waals surface area contributed by atoms with Crippen molar-refractivity contribution in [1.29, 1.82) is 0 Å². The summed E-state index contributed by atoms with van der Waals surface area (Å²) in [7, 11) is 1.66. The molecule has 0 saturated heterocycles. The van der Waals surface area contributed by atoms with Gasteiger partial charge in [-0.3, -0.25) is 4.79 Å². The zero-order valence-electron chi connectivity index (χ0n) is 18.0. The second-order valence-electron chi connectivity index (χ2n) is 7.51. The van der Waals surface area contributed by atoms with Crippen molar-refractivity contribution in [3.05, 3.63) is 108 Å². The van der Waals surface area contributed by atoms with Gasteiger partial charge in [-0.15, -0.1) is 0 Å². The molecule has 1 atom stereocenters. The molecule has 4 nitrogen and oxygen atoms in total. The maximum absolute atomic E-state index is 13.3. The van der Waals surface area contributed by atoms with Gasteiger partial charge < -0.3 is 14.6 Å². The van der Waals surface area contributed by atoms with E-state index in [0.717, 1.165) is 34.0 Å². The lowest BCUT2D eigenvalue weighted by Crippen LogP contribution is -2.27. The van der Waals surface area contributed by atoms with Gasteiger partial charge in [0.05, 0.1) is 30.1 Å². The minimum Gasteiger partial charge on any atom is -0.495 e. The van der Waals surface area contributed by atoms with E-state index in [-0.39, 0.29) is 11.9 Å². The highest BCUT2D eigenvalue weighted by Crippen LogP contribution is 2.33. The number of nitrogens with zero attached hydrogens (tertiary/aromatic N) is 1. The molecule has 1 amide bonds. The summed E-state index contributed by atoms with van der Waals surface area (Å²) in [6, 6.07) is 29.8. The van der Waals surface area contributed by atoms with Crippen LogP contribution >= 0.6 is 0 Å². The van der Waals surface area contributed by atoms with E-state index in [1.54, 1.807) is 7.11 Å². The maximum atomic E-state index is 13.3. The molecule has 0 fully saturated rings. The fraction of sp³-hybridized carbons (Fsp3) is 0.148. The number of benzene rings is 3. The van der Waals surface area contributed by atoms with Crippen LogP contribution < -0.4 is 10.1 Å². The van der Waals surface area contributed by atoms with Gasteiger partial charge in [0.25, 0.3) is 5.91 Å². The Bertz CT molecular complexity index is 1180. The van der Waals surface area contributed by atoms with Crippen LogP contribution in [-0.2, 0) is 0 Å². The fourth-order valence-corrected chi connectivity index (χ4v) is 3.88. The average Bonchev–Trinajstić information content (AvgIpc) is 3.17. The third kappa shape index (κ3) is 4.10. The molecule has 1 N–H and O–H groups in total. The first-order valence-electron chi connectivity index (χ1n) is 10.4. The van der Waals surface area contributed by atoms with Crippen LogP contribution in [-0.4, -0.2) is 17.6 Å². The molecule has 0 aliphatic rings. The standard InChI is InChI=1S/C27H26N2O2/c1-19(21-12-6-4-7-13-21)28-27(30)23-18-25(22-14-8-5-9-15-22)29(20(23)2)24-16-10-11-17-26(24)31-3/h4-19H,1-3H3,(H,28,30)/t19-/m1/s1. The number of aromatic nitrogens is 1. The first-order chi connectivity index (χ1) is 15.1. The predicted octanol–water partition coefficient (Wildman–Crippen LogP) is 5.95. The van der Waals surface area contributed by atoms with E-state index >= 15 is 0 Å². The van der Waals surface area contributed by atoms with E-state index in [4.69, 9.17) is 4.74 Å². The number of rotatable bonds is 6. The van der Waals surface area contributed by atoms with E-state index in [9.17, 15) is 4.79 Å². The summed E-state index contributed by atoms with van der Waals surface area (Å²) >= 11 is 0. The highest BCUT2D eigenvalue weighted by atomic mass is 16.5. The molecule has 1 heterocycles. The Morgan fingerprint density at radius 3 is 2.19 bits per heavy atom. The highest BCUT2D eigenvalue weighted by molar-refractivity contribution is 5.97. The van der Waals surface area contributed by atoms with Gasteiger partial charge in [0.15, 0.2) is 0 Å². The van der Waals surface area contributed by atoms with Gasteiger partial charge in [0.2, 0.25) is 0 Å². The summed E-state index contributed by atoms with van der Waals surface area (Å²) in [6.45, 7) is 3.97. The van der Waals surface area contributed by atoms with Gasteiger partial charge in [-0.25, -0.2) is 0 Å². The molecule has 3 aromatic carbocycles. The third-order valence-corrected chi connectivity index (χ3v) is 5.53. The van der Waals surface area contributed by atoms with Crippen molar-refractivity contribution in [2.45, 2.75) is 19.9 Å². The fourth-order valence-electron chi connectivity index (χ4n) is 3.88. The molecular weight excluding hydrogens is 384 g/mol. The molecule has 1 aromatic heterocycles. The molecule has 0 aliphatic heterocycles. The van der Waals surface area contributed by atoms with Crippen LogP contribution in [0.2, 0.25) is 0 Å². The van der Waals surface area contributed by atoms with Crippen molar-refractivity contribution < 1.29 is 9.53 Å². The number of carbonyl (C=O) groups excluding carboxylic acids is 1. The first kappa shape index (κ1) is 20.5. The van der Waals surface area contributed by atoms with Crippen molar-refractivity contribution in [1.82, 2.24) is 9.88 Å². The Morgan fingerprint density at radius 2 is 1.52 bits per heavy atom. The second-order valence-corrected chi connectivity index (χ2v) is 7.51. The number of hydrogen-bond acceptors (Lipinski definition) is 2. The van der Waals surface area contributed by atoms with E-state index in [1.165, 1.54) is 0 Å². The Hall–Kier alpha value is -3.79. The molecule has 0 saturated carbocycles. The quantitative estimate of drug-likeness (QED) is 0.427. The lowest BCUT2D eigenvalue weighted by atomic mass is 10.1. The Labute approximate surface area is 183 Å². The van der Waals surface area contributed by atoms with Gasteiger partial charge in [-0.05, 0) is 43.2 Å². The predicted molar refractivity (Wildman–Crippen MR) is 125 cm³/mol. The number of para-hydroxylation sites is 2. The zero-order chi connectivity index (χ0) is 21.8. The molecule has 0 unspecified atom stereocenters. The number of methoxy groups -OCH3 is 1. The molecule has 31 heavy (non-hydrogen) atoms. The van der Waals surface area contributed by atoms with Crippen LogP contribution in [0.25, 0.3) is 16.9 Å². The van der Waals surface area contributed by atoms with Crippen LogP contribution in [0.3, 0.4) is 0 Å². The van der Waals surface area contributed by atoms with Gasteiger partial charge >= 0.3 is 0 Å². The Morgan fingerprint density at radius 1 is 0.903 bits per heavy atom. The van der Waals surface area contributed by atoms with E-state index in [1.807, 2.05) is 92.7 Å². The van der Waals surface area contributed by atoms with Crippen LogP contribution in [0.1, 0.15) is 34.6 Å². The second kappa shape index (κ2) is 8.92. The van der Waals surface area contributed by atoms with Gasteiger partial charge in [0, 0.05) is 5.69 Å². The average molecular weight is 411 g/mol. The Balaban J connectivity index is 1.79. The summed E-state index contributed by atoms with van der Waals surface area (Å²) in [5.41, 5.74) is 5.46. The van der Waals surface area contributed by atoms with E-state index < -0.39 is 0 Å². The number of nitrogens with one attached hydrogen (secondary N) is 1. The van der Waals surface area contributed by atoms with Crippen molar-refractivity contribution in [2.24, 2.45) is 0 Å². The highest BCUT2D eigenvalue weighted by Gasteiger charge is 2.22. The van der Waals surface area contributed by atoms with Crippen molar-refractivity contribution in [2.75, 3.05) is 7.11 Å². The summed E-state index contributed by atoms with van der Waals surface area (Å²) in [4.78, 5) is 13.3. The number of hydrogen-bond donors (Lipinski definition) is 1. The summed E-state index contributed by atoms with van der Waals surface area (Å²) in [5.74, 6) is 0.655. The molecule has 156 valence electrons. The monoisotopic (exact) mass is 410 g/mol. The van der Waals surface area contributed by atoms with E-state index in [2.05, 4.69) is 22.0 Å². The molecular formula is C27H26N2O2. The first-order valence-corrected chi connectivity index (χ1v) is 10.4. The molecule has 4 heteroatoms. The maximum Gasteiger partial charge on any atom is 0.253 e. The van der Waals surface area contributed by atoms with E-state index in [0.29, 0.717) is 5.56 Å². The zero-order valence-corrected chi connectivity index (χ0v) is 18.0. The van der Waals surface area contributed by atoms with Crippen LogP contribution in [0, 0.1) is 6.92 Å². The molecule has 0 spiro atoms. The van der Waals surface area contributed by atoms with Crippen molar-refractivity contribution >= 4 is 5.91 Å². The summed E-state index contributed by atoms with van der Waals surface area (Å²) < 4.78 is 7.71. The van der Waals surface area contributed by atoms with Gasteiger partial charge in [0.1, 0.15) is 5.75 Å². The number of ether oxygens (including phenoxy) is 1. The topological polar surface area (TPSA) is 43.3 Å². The van der Waals surface area contributed by atoms with Crippen LogP contribution in [0.5, 0.6) is 5.75 Å². The van der Waals surface area contributed by atoms with Crippen LogP contribution in [0.15, 0.2) is 91.0 Å². The molecule has 0 bridgehead atoms. The summed E-state index contributed by atoms with van der Waals surface area (Å²) in [5, 5.41) is 3.14. The molecule has 0 radical (unpaired) electrons. The lowest BCUT2D eigenvalue weighted by Gasteiger charge is -2.16. The molecule has 0 aliphatic carbocycles. The van der Waals surface area contributed by atoms with Gasteiger partial charge in [-0.1, -0.05) is 72.8 Å². The molecule has 4 rings (SSSR count). The number of carbonyl (C=O) groups is 1. The molecule has 4 aromatic rings. The third-order valence-electron chi connectivity index (χ3n) is 5.53. The number of amides is 1. The smallest absolute Gasteiger partial charge is 0.253 e. The van der Waals surface area contributed by atoms with Crippen LogP contribution in [0.4, 0.5) is 0 Å².